The summed E-state index contributed by atoms with van der Waals surface area (Å²) in [6.07, 6.45) is 1.70. The van der Waals surface area contributed by atoms with E-state index in [1.54, 1.807) is 13.2 Å². The Bertz CT molecular complexity index is 640. The lowest BCUT2D eigenvalue weighted by molar-refractivity contribution is 0.280. The number of methoxy groups -OCH3 is 1. The summed E-state index contributed by atoms with van der Waals surface area (Å²) in [6.45, 7) is 5.55. The van der Waals surface area contributed by atoms with E-state index in [4.69, 9.17) is 9.47 Å². The molecular weight excluding hydrogens is 290 g/mol. The quantitative estimate of drug-likeness (QED) is 0.699. The molecule has 0 saturated carbocycles. The molecule has 2 aromatic rings. The van der Waals surface area contributed by atoms with Gasteiger partial charge in [-0.3, -0.25) is 0 Å². The number of benzene rings is 2. The van der Waals surface area contributed by atoms with E-state index >= 15 is 0 Å². The molecule has 4 heteroatoms. The third-order valence-electron chi connectivity index (χ3n) is 3.52. The monoisotopic (exact) mass is 313 g/mol. The number of hydrogen-bond acceptors (Lipinski definition) is 4. The summed E-state index contributed by atoms with van der Waals surface area (Å²) >= 11 is 0. The molecule has 0 aliphatic rings. The molecule has 2 rings (SSSR count). The van der Waals surface area contributed by atoms with Crippen LogP contribution in [0, 0.1) is 0 Å². The Hall–Kier alpha value is -2.30. The number of ether oxygens (including phenoxy) is 2. The van der Waals surface area contributed by atoms with E-state index < -0.39 is 0 Å². The van der Waals surface area contributed by atoms with Crippen LogP contribution in [0.5, 0.6) is 11.5 Å². The Kier molecular flexibility index (Phi) is 6.66. The molecule has 2 aromatic carbocycles. The lowest BCUT2D eigenvalue weighted by atomic mass is 10.1. The van der Waals surface area contributed by atoms with Crippen LogP contribution >= 0.6 is 0 Å². The number of nitrogens with one attached hydrogen (secondary N) is 1. The molecule has 0 fully saturated rings. The number of aliphatic hydroxyl groups is 1. The Balaban J connectivity index is 1.96. The zero-order chi connectivity index (χ0) is 16.5. The third kappa shape index (κ3) is 4.84. The van der Waals surface area contributed by atoms with Crippen molar-refractivity contribution >= 4 is 0 Å². The number of hydrogen-bond donors (Lipinski definition) is 2. The molecule has 4 nitrogen and oxygen atoms in total. The average Bonchev–Trinajstić information content (AvgIpc) is 2.60. The van der Waals surface area contributed by atoms with Crippen LogP contribution < -0.4 is 14.8 Å². The second-order valence-corrected chi connectivity index (χ2v) is 5.12. The van der Waals surface area contributed by atoms with Gasteiger partial charge in [-0.05, 0) is 28.8 Å². The van der Waals surface area contributed by atoms with Crippen LogP contribution in [-0.4, -0.2) is 18.8 Å². The molecule has 0 heterocycles. The van der Waals surface area contributed by atoms with Gasteiger partial charge in [-0.15, -0.1) is 0 Å². The second kappa shape index (κ2) is 8.98. The van der Waals surface area contributed by atoms with Crippen molar-refractivity contribution in [3.05, 3.63) is 71.8 Å². The maximum atomic E-state index is 9.34. The molecule has 0 unspecified atom stereocenters. The predicted molar refractivity (Wildman–Crippen MR) is 91.6 cm³/mol. The smallest absolute Gasteiger partial charge is 0.161 e. The normalized spacial score (nSPS) is 10.3. The van der Waals surface area contributed by atoms with Crippen LogP contribution in [-0.2, 0) is 19.7 Å². The van der Waals surface area contributed by atoms with Gasteiger partial charge in [-0.2, -0.15) is 0 Å². The standard InChI is InChI=1S/C19H23NO3/c1-3-10-23-18-9-8-15(11-19(18)22-2)12-20-13-16-6-4-5-7-17(16)14-21/h3-9,11,20-21H,1,10,12-14H2,2H3. The van der Waals surface area contributed by atoms with Crippen LogP contribution in [0.1, 0.15) is 16.7 Å². The molecule has 0 aliphatic carbocycles. The molecule has 0 aromatic heterocycles. The van der Waals surface area contributed by atoms with E-state index in [0.717, 1.165) is 16.7 Å². The Morgan fingerprint density at radius 1 is 1.09 bits per heavy atom. The van der Waals surface area contributed by atoms with Crippen molar-refractivity contribution in [2.45, 2.75) is 19.7 Å². The van der Waals surface area contributed by atoms with Crippen LogP contribution in [0.25, 0.3) is 0 Å². The fourth-order valence-electron chi connectivity index (χ4n) is 2.32. The van der Waals surface area contributed by atoms with Crippen LogP contribution in [0.15, 0.2) is 55.1 Å². The Morgan fingerprint density at radius 3 is 2.57 bits per heavy atom. The first-order chi connectivity index (χ1) is 11.3. The van der Waals surface area contributed by atoms with Crippen molar-refractivity contribution < 1.29 is 14.6 Å². The van der Waals surface area contributed by atoms with E-state index in [1.165, 1.54) is 0 Å². The Morgan fingerprint density at radius 2 is 1.87 bits per heavy atom. The highest BCUT2D eigenvalue weighted by molar-refractivity contribution is 5.43. The van der Waals surface area contributed by atoms with Gasteiger partial charge in [-0.25, -0.2) is 0 Å². The minimum Gasteiger partial charge on any atom is -0.493 e. The lowest BCUT2D eigenvalue weighted by Gasteiger charge is -2.12. The average molecular weight is 313 g/mol. The first-order valence-corrected chi connectivity index (χ1v) is 7.57. The molecule has 0 amide bonds. The van der Waals surface area contributed by atoms with Gasteiger partial charge >= 0.3 is 0 Å². The van der Waals surface area contributed by atoms with Gasteiger partial charge in [-0.1, -0.05) is 43.0 Å². The predicted octanol–water partition coefficient (Wildman–Crippen LogP) is 3.04. The maximum Gasteiger partial charge on any atom is 0.161 e. The highest BCUT2D eigenvalue weighted by Crippen LogP contribution is 2.28. The molecule has 0 atom stereocenters. The van der Waals surface area contributed by atoms with E-state index in [9.17, 15) is 5.11 Å². The lowest BCUT2D eigenvalue weighted by Crippen LogP contribution is -2.14. The number of aliphatic hydroxyl groups excluding tert-OH is 1. The largest absolute Gasteiger partial charge is 0.493 e. The molecule has 0 saturated heterocycles. The summed E-state index contributed by atoms with van der Waals surface area (Å²) < 4.78 is 10.9. The topological polar surface area (TPSA) is 50.7 Å². The SMILES string of the molecule is C=CCOc1ccc(CNCc2ccccc2CO)cc1OC. The van der Waals surface area contributed by atoms with Gasteiger partial charge in [0.25, 0.3) is 0 Å². The molecular formula is C19H23NO3. The van der Waals surface area contributed by atoms with Gasteiger partial charge in [0.2, 0.25) is 0 Å². The summed E-state index contributed by atoms with van der Waals surface area (Å²) in [6, 6.07) is 13.7. The van der Waals surface area contributed by atoms with Crippen molar-refractivity contribution in [3.63, 3.8) is 0 Å². The van der Waals surface area contributed by atoms with E-state index in [0.29, 0.717) is 31.2 Å². The van der Waals surface area contributed by atoms with Crippen LogP contribution in [0.3, 0.4) is 0 Å². The van der Waals surface area contributed by atoms with E-state index in [2.05, 4.69) is 11.9 Å². The van der Waals surface area contributed by atoms with Crippen molar-refractivity contribution in [3.8, 4) is 11.5 Å². The minimum atomic E-state index is 0.0566. The van der Waals surface area contributed by atoms with Crippen molar-refractivity contribution in [2.24, 2.45) is 0 Å². The summed E-state index contributed by atoms with van der Waals surface area (Å²) in [4.78, 5) is 0. The minimum absolute atomic E-state index is 0.0566. The zero-order valence-corrected chi connectivity index (χ0v) is 13.4. The molecule has 0 bridgehead atoms. The number of rotatable bonds is 9. The fraction of sp³-hybridized carbons (Fsp3) is 0.263. The van der Waals surface area contributed by atoms with Crippen molar-refractivity contribution in [2.75, 3.05) is 13.7 Å². The Labute approximate surface area is 137 Å². The van der Waals surface area contributed by atoms with Gasteiger partial charge in [0.15, 0.2) is 11.5 Å². The summed E-state index contributed by atoms with van der Waals surface area (Å²) in [5.74, 6) is 1.42. The molecule has 0 spiro atoms. The van der Waals surface area contributed by atoms with Gasteiger partial charge < -0.3 is 19.9 Å². The van der Waals surface area contributed by atoms with E-state index in [1.807, 2.05) is 42.5 Å². The second-order valence-electron chi connectivity index (χ2n) is 5.12. The molecule has 0 aliphatic heterocycles. The molecule has 2 N–H and O–H groups in total. The third-order valence-corrected chi connectivity index (χ3v) is 3.52. The van der Waals surface area contributed by atoms with Gasteiger partial charge in [0, 0.05) is 13.1 Å². The molecule has 23 heavy (non-hydrogen) atoms. The maximum absolute atomic E-state index is 9.34. The summed E-state index contributed by atoms with van der Waals surface area (Å²) in [5.41, 5.74) is 3.16. The van der Waals surface area contributed by atoms with Crippen molar-refractivity contribution in [1.82, 2.24) is 5.32 Å². The molecule has 122 valence electrons. The zero-order valence-electron chi connectivity index (χ0n) is 13.4. The fourth-order valence-corrected chi connectivity index (χ4v) is 2.32. The van der Waals surface area contributed by atoms with Gasteiger partial charge in [0.05, 0.1) is 13.7 Å². The first kappa shape index (κ1) is 17.1. The van der Waals surface area contributed by atoms with Crippen LogP contribution in [0.2, 0.25) is 0 Å². The van der Waals surface area contributed by atoms with Gasteiger partial charge in [0.1, 0.15) is 6.61 Å². The highest BCUT2D eigenvalue weighted by atomic mass is 16.5. The molecule has 0 radical (unpaired) electrons. The van der Waals surface area contributed by atoms with E-state index in [-0.39, 0.29) is 6.61 Å². The first-order valence-electron chi connectivity index (χ1n) is 7.57. The highest BCUT2D eigenvalue weighted by Gasteiger charge is 2.06. The van der Waals surface area contributed by atoms with Crippen molar-refractivity contribution in [1.29, 1.82) is 0 Å². The summed E-state index contributed by atoms with van der Waals surface area (Å²) in [7, 11) is 1.63. The summed E-state index contributed by atoms with van der Waals surface area (Å²) in [5, 5.41) is 12.7. The van der Waals surface area contributed by atoms with Crippen LogP contribution in [0.4, 0.5) is 0 Å².